The summed E-state index contributed by atoms with van der Waals surface area (Å²) in [6.07, 6.45) is 5.68. The summed E-state index contributed by atoms with van der Waals surface area (Å²) in [6, 6.07) is 0.364. The van der Waals surface area contributed by atoms with Gasteiger partial charge in [0.15, 0.2) is 0 Å². The zero-order valence-electron chi connectivity index (χ0n) is 9.31. The van der Waals surface area contributed by atoms with Crippen LogP contribution < -0.4 is 5.32 Å². The Kier molecular flexibility index (Phi) is 9.16. The average molecular weight is 220 g/mol. The summed E-state index contributed by atoms with van der Waals surface area (Å²) < 4.78 is 0. The lowest BCUT2D eigenvalue weighted by molar-refractivity contribution is -0.121. The van der Waals surface area contributed by atoms with E-state index in [1.165, 1.54) is 0 Å². The number of halogens is 1. The van der Waals surface area contributed by atoms with Crippen LogP contribution in [0.1, 0.15) is 52.4 Å². The first kappa shape index (κ1) is 13.8. The molecule has 14 heavy (non-hydrogen) atoms. The van der Waals surface area contributed by atoms with Gasteiger partial charge in [0.2, 0.25) is 5.91 Å². The van der Waals surface area contributed by atoms with E-state index in [0.29, 0.717) is 18.3 Å². The molecule has 0 saturated carbocycles. The summed E-state index contributed by atoms with van der Waals surface area (Å²) in [5.74, 6) is 0.829. The molecule has 0 fully saturated rings. The Bertz CT molecular complexity index is 150. The van der Waals surface area contributed by atoms with Crippen LogP contribution in [0, 0.1) is 0 Å². The van der Waals surface area contributed by atoms with E-state index >= 15 is 0 Å². The Morgan fingerprint density at radius 2 is 2.07 bits per heavy atom. The highest BCUT2D eigenvalue weighted by molar-refractivity contribution is 6.17. The lowest BCUT2D eigenvalue weighted by atomic mass is 10.1. The third kappa shape index (κ3) is 7.19. The highest BCUT2D eigenvalue weighted by Crippen LogP contribution is 2.03. The van der Waals surface area contributed by atoms with Gasteiger partial charge >= 0.3 is 0 Å². The monoisotopic (exact) mass is 219 g/mol. The standard InChI is InChI=1S/C11H22ClNO/c1-3-7-10(4-2)13-11(14)8-5-6-9-12/h10H,3-9H2,1-2H3,(H,13,14). The number of carbonyl (C=O) groups is 1. The topological polar surface area (TPSA) is 29.1 Å². The van der Waals surface area contributed by atoms with E-state index in [1.54, 1.807) is 0 Å². The van der Waals surface area contributed by atoms with Crippen LogP contribution in [0.3, 0.4) is 0 Å². The number of amides is 1. The fourth-order valence-electron chi connectivity index (χ4n) is 1.41. The number of hydrogen-bond acceptors (Lipinski definition) is 1. The summed E-state index contributed by atoms with van der Waals surface area (Å²) in [5.41, 5.74) is 0. The Morgan fingerprint density at radius 3 is 2.57 bits per heavy atom. The zero-order valence-corrected chi connectivity index (χ0v) is 10.1. The number of rotatable bonds is 8. The molecule has 1 unspecified atom stereocenters. The molecule has 0 spiro atoms. The minimum Gasteiger partial charge on any atom is -0.353 e. The maximum Gasteiger partial charge on any atom is 0.220 e. The lowest BCUT2D eigenvalue weighted by Gasteiger charge is -2.15. The van der Waals surface area contributed by atoms with E-state index < -0.39 is 0 Å². The zero-order chi connectivity index (χ0) is 10.8. The Balaban J connectivity index is 3.56. The summed E-state index contributed by atoms with van der Waals surface area (Å²) in [4.78, 5) is 11.4. The van der Waals surface area contributed by atoms with Gasteiger partial charge in [0, 0.05) is 18.3 Å². The number of hydrogen-bond donors (Lipinski definition) is 1. The van der Waals surface area contributed by atoms with Gasteiger partial charge in [-0.2, -0.15) is 0 Å². The molecule has 0 aromatic carbocycles. The molecule has 1 atom stereocenters. The first-order chi connectivity index (χ1) is 6.74. The largest absolute Gasteiger partial charge is 0.353 e. The van der Waals surface area contributed by atoms with E-state index in [9.17, 15) is 4.79 Å². The van der Waals surface area contributed by atoms with Crippen LogP contribution in [-0.4, -0.2) is 17.8 Å². The quantitative estimate of drug-likeness (QED) is 0.493. The van der Waals surface area contributed by atoms with E-state index in [0.717, 1.165) is 32.1 Å². The molecule has 0 aliphatic heterocycles. The third-order valence-corrected chi connectivity index (χ3v) is 2.55. The number of carbonyl (C=O) groups excluding carboxylic acids is 1. The van der Waals surface area contributed by atoms with Gasteiger partial charge < -0.3 is 5.32 Å². The first-order valence-corrected chi connectivity index (χ1v) is 6.13. The maximum absolute atomic E-state index is 11.4. The second-order valence-electron chi connectivity index (χ2n) is 3.61. The molecule has 0 aromatic rings. The van der Waals surface area contributed by atoms with Crippen LogP contribution in [-0.2, 0) is 4.79 Å². The van der Waals surface area contributed by atoms with Crippen LogP contribution in [0.5, 0.6) is 0 Å². The summed E-state index contributed by atoms with van der Waals surface area (Å²) in [7, 11) is 0. The minimum atomic E-state index is 0.176. The highest BCUT2D eigenvalue weighted by atomic mass is 35.5. The average Bonchev–Trinajstić information content (AvgIpc) is 2.17. The predicted octanol–water partition coefficient (Wildman–Crippen LogP) is 3.09. The highest BCUT2D eigenvalue weighted by Gasteiger charge is 2.08. The maximum atomic E-state index is 11.4. The molecule has 1 amide bonds. The van der Waals surface area contributed by atoms with Gasteiger partial charge in [-0.1, -0.05) is 20.3 Å². The van der Waals surface area contributed by atoms with E-state index in [-0.39, 0.29) is 5.91 Å². The molecule has 84 valence electrons. The summed E-state index contributed by atoms with van der Waals surface area (Å²) >= 11 is 5.54. The molecule has 0 radical (unpaired) electrons. The smallest absolute Gasteiger partial charge is 0.220 e. The van der Waals surface area contributed by atoms with Crippen molar-refractivity contribution in [2.45, 2.75) is 58.4 Å². The fraction of sp³-hybridized carbons (Fsp3) is 0.909. The molecular weight excluding hydrogens is 198 g/mol. The first-order valence-electron chi connectivity index (χ1n) is 5.59. The molecule has 0 bridgehead atoms. The Labute approximate surface area is 92.4 Å². The molecule has 1 N–H and O–H groups in total. The van der Waals surface area contributed by atoms with Gasteiger partial charge in [0.1, 0.15) is 0 Å². The van der Waals surface area contributed by atoms with E-state index in [4.69, 9.17) is 11.6 Å². The molecule has 0 aromatic heterocycles. The van der Waals surface area contributed by atoms with Crippen LogP contribution in [0.15, 0.2) is 0 Å². The minimum absolute atomic E-state index is 0.176. The Hall–Kier alpha value is -0.240. The van der Waals surface area contributed by atoms with Crippen molar-refractivity contribution in [1.29, 1.82) is 0 Å². The molecule has 0 aliphatic carbocycles. The van der Waals surface area contributed by atoms with E-state index in [1.807, 2.05) is 0 Å². The third-order valence-electron chi connectivity index (χ3n) is 2.28. The van der Waals surface area contributed by atoms with Gasteiger partial charge in [-0.05, 0) is 25.7 Å². The van der Waals surface area contributed by atoms with Crippen LogP contribution >= 0.6 is 11.6 Å². The van der Waals surface area contributed by atoms with Crippen molar-refractivity contribution in [3.05, 3.63) is 0 Å². The van der Waals surface area contributed by atoms with Gasteiger partial charge in [0.05, 0.1) is 0 Å². The van der Waals surface area contributed by atoms with Crippen molar-refractivity contribution in [2.24, 2.45) is 0 Å². The number of nitrogens with one attached hydrogen (secondary N) is 1. The van der Waals surface area contributed by atoms with Gasteiger partial charge in [-0.15, -0.1) is 11.6 Å². The van der Waals surface area contributed by atoms with Crippen molar-refractivity contribution in [2.75, 3.05) is 5.88 Å². The van der Waals surface area contributed by atoms with Crippen molar-refractivity contribution in [3.8, 4) is 0 Å². The van der Waals surface area contributed by atoms with Gasteiger partial charge in [0.25, 0.3) is 0 Å². The molecule has 3 heteroatoms. The van der Waals surface area contributed by atoms with Crippen LogP contribution in [0.2, 0.25) is 0 Å². The molecule has 0 saturated heterocycles. The van der Waals surface area contributed by atoms with E-state index in [2.05, 4.69) is 19.2 Å². The second kappa shape index (κ2) is 9.32. The van der Waals surface area contributed by atoms with Crippen molar-refractivity contribution in [1.82, 2.24) is 5.32 Å². The van der Waals surface area contributed by atoms with Crippen molar-refractivity contribution < 1.29 is 4.79 Å². The van der Waals surface area contributed by atoms with Crippen LogP contribution in [0.4, 0.5) is 0 Å². The molecular formula is C11H22ClNO. The summed E-state index contributed by atoms with van der Waals surface area (Å²) in [6.45, 7) is 4.25. The van der Waals surface area contributed by atoms with Crippen molar-refractivity contribution >= 4 is 17.5 Å². The van der Waals surface area contributed by atoms with Crippen LogP contribution in [0.25, 0.3) is 0 Å². The SMILES string of the molecule is CCCC(CC)NC(=O)CCCCCl. The predicted molar refractivity (Wildman–Crippen MR) is 61.7 cm³/mol. The van der Waals surface area contributed by atoms with Crippen molar-refractivity contribution in [3.63, 3.8) is 0 Å². The Morgan fingerprint density at radius 1 is 1.36 bits per heavy atom. The van der Waals surface area contributed by atoms with Gasteiger partial charge in [-0.3, -0.25) is 4.79 Å². The second-order valence-corrected chi connectivity index (χ2v) is 3.99. The molecule has 0 heterocycles. The lowest BCUT2D eigenvalue weighted by Crippen LogP contribution is -2.34. The fourth-order valence-corrected chi connectivity index (χ4v) is 1.60. The normalized spacial score (nSPS) is 12.5. The molecule has 2 nitrogen and oxygen atoms in total. The number of unbranched alkanes of at least 4 members (excludes halogenated alkanes) is 1. The number of alkyl halides is 1. The molecule has 0 aliphatic rings. The summed E-state index contributed by atoms with van der Waals surface area (Å²) in [5, 5.41) is 3.04. The molecule has 0 rings (SSSR count). The van der Waals surface area contributed by atoms with Gasteiger partial charge in [-0.25, -0.2) is 0 Å².